The summed E-state index contributed by atoms with van der Waals surface area (Å²) in [5, 5.41) is 12.5. The number of hydrogen-bond donors (Lipinski definition) is 3. The van der Waals surface area contributed by atoms with Crippen LogP contribution in [0.4, 0.5) is 0 Å². The molecule has 8 heteroatoms. The summed E-state index contributed by atoms with van der Waals surface area (Å²) in [6.07, 6.45) is 3.00. The Labute approximate surface area is 150 Å². The van der Waals surface area contributed by atoms with E-state index in [-0.39, 0.29) is 17.4 Å². The molecule has 0 saturated carbocycles. The van der Waals surface area contributed by atoms with E-state index in [0.717, 1.165) is 24.9 Å². The monoisotopic (exact) mass is 358 g/mol. The van der Waals surface area contributed by atoms with Crippen LogP contribution in [0.15, 0.2) is 40.1 Å². The van der Waals surface area contributed by atoms with Crippen LogP contribution in [0.3, 0.4) is 0 Å². The first kappa shape index (κ1) is 17.9. The van der Waals surface area contributed by atoms with Crippen molar-refractivity contribution in [3.63, 3.8) is 0 Å². The fraction of sp³-hybridized carbons (Fsp3) is 0.389. The summed E-state index contributed by atoms with van der Waals surface area (Å²) in [6, 6.07) is 7.04. The van der Waals surface area contributed by atoms with Crippen LogP contribution in [0.25, 0.3) is 0 Å². The Kier molecular flexibility index (Phi) is 5.22. The van der Waals surface area contributed by atoms with E-state index in [4.69, 9.17) is 0 Å². The van der Waals surface area contributed by atoms with E-state index in [1.165, 1.54) is 17.8 Å². The van der Waals surface area contributed by atoms with Crippen molar-refractivity contribution in [2.75, 3.05) is 13.1 Å². The largest absolute Gasteiger partial charge is 0.508 e. The van der Waals surface area contributed by atoms with E-state index in [9.17, 15) is 19.5 Å². The molecule has 2 aromatic rings. The number of H-pyrrole nitrogens is 1. The van der Waals surface area contributed by atoms with Gasteiger partial charge in [-0.2, -0.15) is 0 Å². The van der Waals surface area contributed by atoms with Gasteiger partial charge in [0.25, 0.3) is 11.5 Å². The molecule has 1 fully saturated rings. The zero-order valence-corrected chi connectivity index (χ0v) is 14.6. The highest BCUT2D eigenvalue weighted by Gasteiger charge is 2.23. The maximum atomic E-state index is 12.4. The second-order valence-electron chi connectivity index (χ2n) is 6.63. The maximum absolute atomic E-state index is 12.4. The molecule has 1 amide bonds. The number of phenols is 1. The van der Waals surface area contributed by atoms with Gasteiger partial charge in [-0.1, -0.05) is 12.1 Å². The average Bonchev–Trinajstić information content (AvgIpc) is 2.58. The van der Waals surface area contributed by atoms with E-state index in [2.05, 4.69) is 15.2 Å². The van der Waals surface area contributed by atoms with Gasteiger partial charge >= 0.3 is 5.69 Å². The van der Waals surface area contributed by atoms with E-state index < -0.39 is 17.2 Å². The van der Waals surface area contributed by atoms with Crippen LogP contribution < -0.4 is 16.6 Å². The number of aromatic nitrogens is 2. The van der Waals surface area contributed by atoms with Crippen molar-refractivity contribution >= 4 is 5.91 Å². The molecule has 0 radical (unpaired) electrons. The summed E-state index contributed by atoms with van der Waals surface area (Å²) < 4.78 is 1.17. The number of phenolic OH excluding ortho intramolecular Hbond substituents is 1. The third-order valence-electron chi connectivity index (χ3n) is 4.51. The number of amides is 1. The third-order valence-corrected chi connectivity index (χ3v) is 4.51. The van der Waals surface area contributed by atoms with E-state index in [1.54, 1.807) is 18.2 Å². The van der Waals surface area contributed by atoms with Crippen LogP contribution in [-0.4, -0.2) is 44.6 Å². The van der Waals surface area contributed by atoms with Crippen molar-refractivity contribution in [2.45, 2.75) is 25.4 Å². The predicted octanol–water partition coefficient (Wildman–Crippen LogP) is 0.174. The summed E-state index contributed by atoms with van der Waals surface area (Å²) in [6.45, 7) is 2.24. The molecule has 0 bridgehead atoms. The lowest BCUT2D eigenvalue weighted by atomic mass is 10.0. The number of nitrogens with one attached hydrogen (secondary N) is 2. The number of carbonyl (C=O) groups is 1. The van der Waals surface area contributed by atoms with Crippen molar-refractivity contribution in [2.24, 2.45) is 7.05 Å². The Morgan fingerprint density at radius 3 is 2.96 bits per heavy atom. The van der Waals surface area contributed by atoms with Gasteiger partial charge in [0.1, 0.15) is 11.3 Å². The minimum Gasteiger partial charge on any atom is -0.508 e. The second-order valence-corrected chi connectivity index (χ2v) is 6.63. The molecule has 1 aromatic carbocycles. The Bertz CT molecular complexity index is 918. The number of piperidine rings is 1. The normalized spacial score (nSPS) is 17.8. The summed E-state index contributed by atoms with van der Waals surface area (Å²) in [5.74, 6) is -0.246. The number of nitrogens with zero attached hydrogens (tertiary/aromatic N) is 2. The molecule has 26 heavy (non-hydrogen) atoms. The zero-order valence-electron chi connectivity index (χ0n) is 14.6. The smallest absolute Gasteiger partial charge is 0.328 e. The standard InChI is InChI=1S/C18H22N4O4/c1-21-11-15(17(25)20-18(21)26)16(24)19-13-5-3-7-22(10-13)9-12-4-2-6-14(23)8-12/h2,4,6,8,11,13,23H,3,5,7,9-10H2,1H3,(H,19,24)(H,20,25,26)/t13-/m1/s1. The first-order valence-electron chi connectivity index (χ1n) is 8.53. The Balaban J connectivity index is 1.65. The number of aryl methyl sites for hydroxylation is 1. The number of likely N-dealkylation sites (tertiary alicyclic amines) is 1. The highest BCUT2D eigenvalue weighted by atomic mass is 16.3. The second kappa shape index (κ2) is 7.57. The molecule has 8 nitrogen and oxygen atoms in total. The molecule has 1 aromatic heterocycles. The molecule has 1 saturated heterocycles. The van der Waals surface area contributed by atoms with Gasteiger partial charge < -0.3 is 15.0 Å². The van der Waals surface area contributed by atoms with Gasteiger partial charge in [-0.3, -0.25) is 19.5 Å². The fourth-order valence-corrected chi connectivity index (χ4v) is 3.22. The summed E-state index contributed by atoms with van der Waals surface area (Å²) in [4.78, 5) is 40.0. The van der Waals surface area contributed by atoms with Gasteiger partial charge in [-0.05, 0) is 37.1 Å². The third kappa shape index (κ3) is 4.20. The minimum atomic E-state index is -0.682. The molecular weight excluding hydrogens is 336 g/mol. The molecule has 0 unspecified atom stereocenters. The first-order chi connectivity index (χ1) is 12.4. The molecule has 2 heterocycles. The number of hydrogen-bond acceptors (Lipinski definition) is 5. The first-order valence-corrected chi connectivity index (χ1v) is 8.53. The topological polar surface area (TPSA) is 107 Å². The molecule has 3 rings (SSSR count). The van der Waals surface area contributed by atoms with Crippen LogP contribution in [0, 0.1) is 0 Å². The lowest BCUT2D eigenvalue weighted by Gasteiger charge is -2.33. The van der Waals surface area contributed by atoms with Gasteiger partial charge in [0.15, 0.2) is 0 Å². The molecule has 0 spiro atoms. The van der Waals surface area contributed by atoms with Gasteiger partial charge in [0, 0.05) is 32.4 Å². The average molecular weight is 358 g/mol. The van der Waals surface area contributed by atoms with Gasteiger partial charge in [-0.25, -0.2) is 4.79 Å². The van der Waals surface area contributed by atoms with Crippen LogP contribution in [0.1, 0.15) is 28.8 Å². The highest BCUT2D eigenvalue weighted by molar-refractivity contribution is 5.93. The number of rotatable bonds is 4. The lowest BCUT2D eigenvalue weighted by Crippen LogP contribution is -2.48. The van der Waals surface area contributed by atoms with Crippen molar-refractivity contribution in [1.29, 1.82) is 0 Å². The Morgan fingerprint density at radius 1 is 1.38 bits per heavy atom. The van der Waals surface area contributed by atoms with E-state index in [1.807, 2.05) is 6.07 Å². The molecule has 1 atom stereocenters. The van der Waals surface area contributed by atoms with Crippen LogP contribution in [0.5, 0.6) is 5.75 Å². The zero-order chi connectivity index (χ0) is 18.7. The quantitative estimate of drug-likeness (QED) is 0.722. The summed E-state index contributed by atoms with van der Waals surface area (Å²) in [5.41, 5.74) is -0.303. The number of carbonyl (C=O) groups excluding carboxylic acids is 1. The number of benzene rings is 1. The summed E-state index contributed by atoms with van der Waals surface area (Å²) >= 11 is 0. The van der Waals surface area contributed by atoms with Gasteiger partial charge in [-0.15, -0.1) is 0 Å². The van der Waals surface area contributed by atoms with Gasteiger partial charge in [0.2, 0.25) is 0 Å². The van der Waals surface area contributed by atoms with Crippen LogP contribution in [-0.2, 0) is 13.6 Å². The highest BCUT2D eigenvalue weighted by Crippen LogP contribution is 2.17. The minimum absolute atomic E-state index is 0.0720. The number of aromatic amines is 1. The Morgan fingerprint density at radius 2 is 2.19 bits per heavy atom. The fourth-order valence-electron chi connectivity index (χ4n) is 3.22. The molecule has 0 aliphatic carbocycles. The Hall–Kier alpha value is -2.87. The molecule has 3 N–H and O–H groups in total. The lowest BCUT2D eigenvalue weighted by molar-refractivity contribution is 0.0898. The number of aromatic hydroxyl groups is 1. The van der Waals surface area contributed by atoms with E-state index in [0.29, 0.717) is 13.1 Å². The maximum Gasteiger partial charge on any atom is 0.328 e. The van der Waals surface area contributed by atoms with Crippen molar-refractivity contribution in [3.05, 3.63) is 62.4 Å². The molecular formula is C18H22N4O4. The van der Waals surface area contributed by atoms with Crippen molar-refractivity contribution in [3.8, 4) is 5.75 Å². The molecule has 1 aliphatic rings. The molecule has 1 aliphatic heterocycles. The van der Waals surface area contributed by atoms with E-state index >= 15 is 0 Å². The van der Waals surface area contributed by atoms with Crippen LogP contribution in [0.2, 0.25) is 0 Å². The van der Waals surface area contributed by atoms with Crippen LogP contribution >= 0.6 is 0 Å². The molecule has 138 valence electrons. The SMILES string of the molecule is Cn1cc(C(=O)N[C@@H]2CCCN(Cc3cccc(O)c3)C2)c(=O)[nH]c1=O. The van der Waals surface area contributed by atoms with Crippen molar-refractivity contribution in [1.82, 2.24) is 19.8 Å². The van der Waals surface area contributed by atoms with Gasteiger partial charge in [0.05, 0.1) is 0 Å². The van der Waals surface area contributed by atoms with Crippen molar-refractivity contribution < 1.29 is 9.90 Å². The predicted molar refractivity (Wildman–Crippen MR) is 96.2 cm³/mol. The summed E-state index contributed by atoms with van der Waals surface area (Å²) in [7, 11) is 1.48.